The van der Waals surface area contributed by atoms with Crippen LogP contribution in [0.1, 0.15) is 11.1 Å². The molecule has 0 heterocycles. The molecule has 0 aliphatic heterocycles. The topological polar surface area (TPSA) is 26.0 Å². The predicted molar refractivity (Wildman–Crippen MR) is 59.8 cm³/mol. The number of hydrogen-bond donors (Lipinski definition) is 1. The van der Waals surface area contributed by atoms with Crippen molar-refractivity contribution in [2.75, 3.05) is 0 Å². The maximum absolute atomic E-state index is 12.1. The van der Waals surface area contributed by atoms with E-state index in [0.717, 1.165) is 9.13 Å². The molecular weight excluding hydrogens is 344 g/mol. The van der Waals surface area contributed by atoms with E-state index < -0.39 is 13.3 Å². The maximum atomic E-state index is 12.1. The molecule has 0 bridgehead atoms. The fraction of sp³-hybridized carbons (Fsp3) is 0.250. The van der Waals surface area contributed by atoms with Crippen LogP contribution in [0.5, 0.6) is 0 Å². The summed E-state index contributed by atoms with van der Waals surface area (Å²) in [6.45, 7) is -4.49. The van der Waals surface area contributed by atoms with E-state index in [1.165, 1.54) is 12.1 Å². The summed E-state index contributed by atoms with van der Waals surface area (Å²) in [5, 5.41) is 0. The molecule has 1 rings (SSSR count). The molecule has 1 aromatic rings. The van der Waals surface area contributed by atoms with Crippen LogP contribution in [-0.4, -0.2) is 6.98 Å². The van der Waals surface area contributed by atoms with E-state index in [2.05, 4.69) is 0 Å². The van der Waals surface area contributed by atoms with Crippen LogP contribution in [0.15, 0.2) is 18.2 Å². The molecule has 7 heteroatoms. The quantitative estimate of drug-likeness (QED) is 0.586. The van der Waals surface area contributed by atoms with E-state index in [0.29, 0.717) is 5.56 Å². The predicted octanol–water partition coefficient (Wildman–Crippen LogP) is -0.317. The van der Waals surface area contributed by atoms with Gasteiger partial charge in [0, 0.05) is 10.1 Å². The van der Waals surface area contributed by atoms with E-state index in [1.807, 2.05) is 22.6 Å². The van der Waals surface area contributed by atoms with Crippen molar-refractivity contribution < 1.29 is 64.3 Å². The van der Waals surface area contributed by atoms with Crippen LogP contribution in [0.25, 0.3) is 0 Å². The van der Waals surface area contributed by atoms with Gasteiger partial charge in [-0.15, -0.1) is 0 Å². The van der Waals surface area contributed by atoms with Crippen LogP contribution in [0, 0.1) is 3.57 Å². The third-order valence-corrected chi connectivity index (χ3v) is 2.34. The minimum absolute atomic E-state index is 0. The summed E-state index contributed by atoms with van der Waals surface area (Å²) in [5.41, 5.74) is 6.41. The van der Waals surface area contributed by atoms with E-state index in [-0.39, 0.29) is 57.9 Å². The van der Waals surface area contributed by atoms with Crippen molar-refractivity contribution in [2.45, 2.75) is 12.9 Å². The van der Waals surface area contributed by atoms with Gasteiger partial charge < -0.3 is 18.7 Å². The third-order valence-electron chi connectivity index (χ3n) is 1.72. The Bertz CT molecular complexity index is 332. The zero-order chi connectivity index (χ0) is 10.8. The average molecular weight is 353 g/mol. The first-order valence-electron chi connectivity index (χ1n) is 4.10. The van der Waals surface area contributed by atoms with Crippen LogP contribution in [0.4, 0.5) is 12.9 Å². The minimum atomic E-state index is -4.76. The van der Waals surface area contributed by atoms with Gasteiger partial charge in [0.25, 0.3) is 0 Å². The smallest absolute Gasteiger partial charge is 0.449 e. The normalized spacial score (nSPS) is 11.0. The molecule has 0 aliphatic carbocycles. The molecule has 0 aromatic heterocycles. The van der Waals surface area contributed by atoms with Crippen molar-refractivity contribution in [3.63, 3.8) is 0 Å². The second-order valence-electron chi connectivity index (χ2n) is 3.09. The van der Waals surface area contributed by atoms with E-state index in [4.69, 9.17) is 5.73 Å². The van der Waals surface area contributed by atoms with Gasteiger partial charge in [0.05, 0.1) is 0 Å². The zero-order valence-corrected chi connectivity index (χ0v) is 13.6. The maximum Gasteiger partial charge on any atom is 1.00 e. The van der Waals surface area contributed by atoms with Gasteiger partial charge >= 0.3 is 58.4 Å². The van der Waals surface area contributed by atoms with Gasteiger partial charge in [0.15, 0.2) is 0 Å². The molecule has 0 fully saturated rings. The zero-order valence-electron chi connectivity index (χ0n) is 8.31. The molecule has 0 saturated heterocycles. The van der Waals surface area contributed by atoms with Gasteiger partial charge in [0.2, 0.25) is 0 Å². The SMILES string of the molecule is NCc1cc(I)cc(C[B-](F)(F)F)c1.[K+]. The van der Waals surface area contributed by atoms with Gasteiger partial charge in [-0.05, 0) is 40.3 Å². The Balaban J connectivity index is 0.00000196. The standard InChI is InChI=1S/C8H9BF3IN.K/c10-9(11,12)4-6-1-7(5-14)3-8(13)2-6;/h1-3H,4-5,14H2;/q-1;+1. The van der Waals surface area contributed by atoms with Crippen molar-refractivity contribution in [3.8, 4) is 0 Å². The molecule has 0 aliphatic rings. The van der Waals surface area contributed by atoms with Gasteiger partial charge in [-0.1, -0.05) is 17.9 Å². The molecule has 1 aromatic carbocycles. The number of nitrogens with two attached hydrogens (primary N) is 1. The molecular formula is C8H9BF3IKN. The van der Waals surface area contributed by atoms with Crippen molar-refractivity contribution in [1.82, 2.24) is 0 Å². The summed E-state index contributed by atoms with van der Waals surface area (Å²) in [4.78, 5) is 0. The Hall–Kier alpha value is 1.40. The number of rotatable bonds is 3. The van der Waals surface area contributed by atoms with Crippen LogP contribution in [0.2, 0.25) is 0 Å². The van der Waals surface area contributed by atoms with Crippen molar-refractivity contribution in [3.05, 3.63) is 32.9 Å². The molecule has 1 nitrogen and oxygen atoms in total. The summed E-state index contributed by atoms with van der Waals surface area (Å²) >= 11 is 1.99. The molecule has 0 spiro atoms. The summed E-state index contributed by atoms with van der Waals surface area (Å²) in [6.07, 6.45) is -0.830. The fourth-order valence-corrected chi connectivity index (χ4v) is 2.02. The Morgan fingerprint density at radius 2 is 1.67 bits per heavy atom. The van der Waals surface area contributed by atoms with Gasteiger partial charge in [-0.25, -0.2) is 0 Å². The fourth-order valence-electron chi connectivity index (χ4n) is 1.22. The first-order chi connectivity index (χ1) is 6.40. The second kappa shape index (κ2) is 6.97. The van der Waals surface area contributed by atoms with Crippen LogP contribution < -0.4 is 57.1 Å². The molecule has 0 saturated carbocycles. The number of halogens is 4. The van der Waals surface area contributed by atoms with Gasteiger partial charge in [-0.3, -0.25) is 0 Å². The van der Waals surface area contributed by atoms with Crippen LogP contribution in [0.3, 0.4) is 0 Å². The molecule has 0 atom stereocenters. The van der Waals surface area contributed by atoms with Crippen LogP contribution >= 0.6 is 22.6 Å². The van der Waals surface area contributed by atoms with E-state index in [1.54, 1.807) is 6.07 Å². The largest absolute Gasteiger partial charge is 1.00 e. The monoisotopic (exact) mass is 353 g/mol. The molecule has 0 unspecified atom stereocenters. The average Bonchev–Trinajstić information content (AvgIpc) is 1.99. The third kappa shape index (κ3) is 6.65. The Morgan fingerprint density at radius 3 is 2.13 bits per heavy atom. The first kappa shape index (κ1) is 16.4. The number of hydrogen-bond acceptors (Lipinski definition) is 1. The van der Waals surface area contributed by atoms with Crippen molar-refractivity contribution in [2.24, 2.45) is 5.73 Å². The van der Waals surface area contributed by atoms with E-state index >= 15 is 0 Å². The minimum Gasteiger partial charge on any atom is -0.449 e. The molecule has 0 radical (unpaired) electrons. The van der Waals surface area contributed by atoms with Crippen molar-refractivity contribution in [1.29, 1.82) is 0 Å². The molecule has 2 N–H and O–H groups in total. The summed E-state index contributed by atoms with van der Waals surface area (Å²) in [5.74, 6) is 0. The second-order valence-corrected chi connectivity index (χ2v) is 4.33. The van der Waals surface area contributed by atoms with Gasteiger partial charge in [-0.2, -0.15) is 0 Å². The van der Waals surface area contributed by atoms with Crippen molar-refractivity contribution >= 4 is 29.6 Å². The Labute approximate surface area is 143 Å². The summed E-state index contributed by atoms with van der Waals surface area (Å²) in [6, 6.07) is 4.83. The number of benzene rings is 1. The molecule has 15 heavy (non-hydrogen) atoms. The Kier molecular flexibility index (Phi) is 7.63. The molecule has 78 valence electrons. The Morgan fingerprint density at radius 1 is 1.13 bits per heavy atom. The first-order valence-corrected chi connectivity index (χ1v) is 5.18. The van der Waals surface area contributed by atoms with E-state index in [9.17, 15) is 12.9 Å². The molecule has 0 amide bonds. The summed E-state index contributed by atoms with van der Waals surface area (Å²) in [7, 11) is 0. The summed E-state index contributed by atoms with van der Waals surface area (Å²) < 4.78 is 37.2. The van der Waals surface area contributed by atoms with Gasteiger partial charge in [0.1, 0.15) is 0 Å². The van der Waals surface area contributed by atoms with Crippen LogP contribution in [-0.2, 0) is 12.9 Å².